The zero-order valence-corrected chi connectivity index (χ0v) is 14.4. The number of nitrogens with zero attached hydrogens (tertiary/aromatic N) is 2. The van der Waals surface area contributed by atoms with E-state index in [1.165, 1.54) is 17.0 Å². The molecule has 1 aliphatic rings. The third-order valence-corrected chi connectivity index (χ3v) is 5.42. The summed E-state index contributed by atoms with van der Waals surface area (Å²) in [5.41, 5.74) is 0.691. The number of carbonyl (C=O) groups is 1. The van der Waals surface area contributed by atoms with Gasteiger partial charge in [-0.1, -0.05) is 25.3 Å². The van der Waals surface area contributed by atoms with Crippen molar-refractivity contribution < 1.29 is 13.2 Å². The third kappa shape index (κ3) is 5.91. The first kappa shape index (κ1) is 17.9. The molecule has 1 aromatic heterocycles. The Morgan fingerprint density at radius 2 is 2.04 bits per heavy atom. The number of hydrogen-bond donors (Lipinski definition) is 1. The highest BCUT2D eigenvalue weighted by molar-refractivity contribution is 7.88. The Kier molecular flexibility index (Phi) is 6.53. The molecule has 1 heterocycles. The standard InChI is InChI=1S/C16H25N3O3S/c1-23(21,22)19(13-15-9-5-6-10-17-15)12-11-18-16(20)14-7-3-2-4-8-14/h5-6,9-10,14H,2-4,7-8,11-13H2,1H3,(H,18,20). The highest BCUT2D eigenvalue weighted by atomic mass is 32.2. The van der Waals surface area contributed by atoms with Crippen LogP contribution in [0.15, 0.2) is 24.4 Å². The van der Waals surface area contributed by atoms with Crippen LogP contribution in [0.4, 0.5) is 0 Å². The second-order valence-electron chi connectivity index (χ2n) is 6.04. The van der Waals surface area contributed by atoms with Crippen LogP contribution in [0.25, 0.3) is 0 Å². The molecule has 7 heteroatoms. The van der Waals surface area contributed by atoms with Gasteiger partial charge in [0.1, 0.15) is 0 Å². The molecule has 0 bridgehead atoms. The van der Waals surface area contributed by atoms with Gasteiger partial charge in [-0.15, -0.1) is 0 Å². The topological polar surface area (TPSA) is 79.4 Å². The van der Waals surface area contributed by atoms with Crippen molar-refractivity contribution in [3.05, 3.63) is 30.1 Å². The minimum atomic E-state index is -3.34. The van der Waals surface area contributed by atoms with E-state index in [2.05, 4.69) is 10.3 Å². The molecule has 0 aliphatic heterocycles. The van der Waals surface area contributed by atoms with Crippen LogP contribution in [0.3, 0.4) is 0 Å². The molecule has 1 N–H and O–H groups in total. The molecule has 1 aromatic rings. The van der Waals surface area contributed by atoms with E-state index in [1.54, 1.807) is 18.3 Å². The zero-order chi connectivity index (χ0) is 16.7. The highest BCUT2D eigenvalue weighted by Crippen LogP contribution is 2.23. The van der Waals surface area contributed by atoms with Gasteiger partial charge in [0.25, 0.3) is 0 Å². The number of sulfonamides is 1. The summed E-state index contributed by atoms with van der Waals surface area (Å²) >= 11 is 0. The first-order chi connectivity index (χ1) is 11.0. The zero-order valence-electron chi connectivity index (χ0n) is 13.6. The number of rotatable bonds is 7. The molecule has 23 heavy (non-hydrogen) atoms. The Labute approximate surface area is 138 Å². The van der Waals surface area contributed by atoms with Crippen LogP contribution < -0.4 is 5.32 Å². The lowest BCUT2D eigenvalue weighted by Crippen LogP contribution is -2.40. The van der Waals surface area contributed by atoms with Gasteiger partial charge in [-0.3, -0.25) is 9.78 Å². The van der Waals surface area contributed by atoms with Gasteiger partial charge < -0.3 is 5.32 Å². The molecule has 1 aliphatic carbocycles. The van der Waals surface area contributed by atoms with Gasteiger partial charge >= 0.3 is 0 Å². The summed E-state index contributed by atoms with van der Waals surface area (Å²) in [7, 11) is -3.34. The molecule has 1 fully saturated rings. The van der Waals surface area contributed by atoms with Gasteiger partial charge in [0, 0.05) is 25.2 Å². The third-order valence-electron chi connectivity index (χ3n) is 4.17. The van der Waals surface area contributed by atoms with E-state index in [0.29, 0.717) is 12.2 Å². The fourth-order valence-electron chi connectivity index (χ4n) is 2.85. The lowest BCUT2D eigenvalue weighted by Gasteiger charge is -2.23. The summed E-state index contributed by atoms with van der Waals surface area (Å²) < 4.78 is 25.1. The average Bonchev–Trinajstić information content (AvgIpc) is 2.54. The number of amides is 1. The van der Waals surface area contributed by atoms with Crippen LogP contribution in [-0.2, 0) is 21.4 Å². The van der Waals surface area contributed by atoms with E-state index in [4.69, 9.17) is 0 Å². The lowest BCUT2D eigenvalue weighted by molar-refractivity contribution is -0.125. The number of carbonyl (C=O) groups excluding carboxylic acids is 1. The normalized spacial score (nSPS) is 16.4. The SMILES string of the molecule is CS(=O)(=O)N(CCNC(=O)C1CCCCC1)Cc1ccccn1. The Balaban J connectivity index is 1.85. The minimum absolute atomic E-state index is 0.0518. The Bertz CT molecular complexity index is 598. The Morgan fingerprint density at radius 3 is 2.65 bits per heavy atom. The molecule has 2 rings (SSSR count). The summed E-state index contributed by atoms with van der Waals surface area (Å²) in [6.45, 7) is 0.808. The van der Waals surface area contributed by atoms with Crippen LogP contribution in [0, 0.1) is 5.92 Å². The van der Waals surface area contributed by atoms with Crippen LogP contribution >= 0.6 is 0 Å². The summed E-state index contributed by atoms with van der Waals surface area (Å²) in [5.74, 6) is 0.141. The highest BCUT2D eigenvalue weighted by Gasteiger charge is 2.22. The van der Waals surface area contributed by atoms with Crippen molar-refractivity contribution in [2.45, 2.75) is 38.6 Å². The van der Waals surface area contributed by atoms with Crippen molar-refractivity contribution in [1.82, 2.24) is 14.6 Å². The molecule has 0 aromatic carbocycles. The lowest BCUT2D eigenvalue weighted by atomic mass is 9.89. The van der Waals surface area contributed by atoms with Gasteiger partial charge in [-0.2, -0.15) is 4.31 Å². The van der Waals surface area contributed by atoms with Crippen molar-refractivity contribution in [2.24, 2.45) is 5.92 Å². The monoisotopic (exact) mass is 339 g/mol. The molecule has 0 spiro atoms. The molecule has 128 valence electrons. The number of hydrogen-bond acceptors (Lipinski definition) is 4. The van der Waals surface area contributed by atoms with Crippen LogP contribution in [0.2, 0.25) is 0 Å². The van der Waals surface area contributed by atoms with Gasteiger partial charge in [0.05, 0.1) is 18.5 Å². The van der Waals surface area contributed by atoms with Gasteiger partial charge in [-0.05, 0) is 25.0 Å². The Hall–Kier alpha value is -1.47. The maximum atomic E-state index is 12.1. The van der Waals surface area contributed by atoms with E-state index >= 15 is 0 Å². The second kappa shape index (κ2) is 8.40. The van der Waals surface area contributed by atoms with Gasteiger partial charge in [0.2, 0.25) is 15.9 Å². The maximum absolute atomic E-state index is 12.1. The van der Waals surface area contributed by atoms with E-state index in [0.717, 1.165) is 25.7 Å². The molecule has 6 nitrogen and oxygen atoms in total. The molecule has 1 saturated carbocycles. The summed E-state index contributed by atoms with van der Waals surface area (Å²) in [6, 6.07) is 5.41. The molecule has 0 saturated heterocycles. The van der Waals surface area contributed by atoms with Crippen molar-refractivity contribution >= 4 is 15.9 Å². The minimum Gasteiger partial charge on any atom is -0.355 e. The first-order valence-electron chi connectivity index (χ1n) is 8.09. The fraction of sp³-hybridized carbons (Fsp3) is 0.625. The molecular weight excluding hydrogens is 314 g/mol. The van der Waals surface area contributed by atoms with Crippen LogP contribution in [-0.4, -0.2) is 43.0 Å². The summed E-state index contributed by atoms with van der Waals surface area (Å²) in [5, 5.41) is 2.88. The quantitative estimate of drug-likeness (QED) is 0.817. The van der Waals surface area contributed by atoms with Crippen molar-refractivity contribution in [3.8, 4) is 0 Å². The van der Waals surface area contributed by atoms with E-state index in [-0.39, 0.29) is 24.9 Å². The van der Waals surface area contributed by atoms with E-state index in [1.807, 2.05) is 6.07 Å². The largest absolute Gasteiger partial charge is 0.355 e. The fourth-order valence-corrected chi connectivity index (χ4v) is 3.64. The molecule has 1 amide bonds. The van der Waals surface area contributed by atoms with Gasteiger partial charge in [-0.25, -0.2) is 8.42 Å². The predicted molar refractivity (Wildman–Crippen MR) is 89.1 cm³/mol. The summed E-state index contributed by atoms with van der Waals surface area (Å²) in [6.07, 6.45) is 8.11. The van der Waals surface area contributed by atoms with Crippen molar-refractivity contribution in [1.29, 1.82) is 0 Å². The molecule has 0 atom stereocenters. The summed E-state index contributed by atoms with van der Waals surface area (Å²) in [4.78, 5) is 16.3. The average molecular weight is 339 g/mol. The van der Waals surface area contributed by atoms with Crippen molar-refractivity contribution in [3.63, 3.8) is 0 Å². The van der Waals surface area contributed by atoms with E-state index < -0.39 is 10.0 Å². The van der Waals surface area contributed by atoms with Gasteiger partial charge in [0.15, 0.2) is 0 Å². The van der Waals surface area contributed by atoms with Crippen molar-refractivity contribution in [2.75, 3.05) is 19.3 Å². The second-order valence-corrected chi connectivity index (χ2v) is 8.03. The molecule has 0 radical (unpaired) electrons. The van der Waals surface area contributed by atoms with E-state index in [9.17, 15) is 13.2 Å². The molecule has 0 unspecified atom stereocenters. The van der Waals surface area contributed by atoms with Crippen LogP contribution in [0.1, 0.15) is 37.8 Å². The predicted octanol–water partition coefficient (Wildman–Crippen LogP) is 1.54. The van der Waals surface area contributed by atoms with Crippen LogP contribution in [0.5, 0.6) is 0 Å². The number of pyridine rings is 1. The maximum Gasteiger partial charge on any atom is 0.223 e. The Morgan fingerprint density at radius 1 is 1.30 bits per heavy atom. The molecular formula is C16H25N3O3S. The smallest absolute Gasteiger partial charge is 0.223 e. The first-order valence-corrected chi connectivity index (χ1v) is 9.94. The number of aromatic nitrogens is 1. The number of nitrogens with one attached hydrogen (secondary N) is 1.